The Hall–Kier alpha value is -1.65. The number of esters is 1. The van der Waals surface area contributed by atoms with Gasteiger partial charge in [-0.3, -0.25) is 4.98 Å². The Morgan fingerprint density at radius 2 is 2.16 bits per heavy atom. The monoisotopic (exact) mass is 279 g/mol. The van der Waals surface area contributed by atoms with E-state index in [1.165, 1.54) is 0 Å². The van der Waals surface area contributed by atoms with Crippen molar-refractivity contribution in [3.05, 3.63) is 41.0 Å². The average molecular weight is 280 g/mol. The minimum Gasteiger partial charge on any atom is -0.464 e. The van der Waals surface area contributed by atoms with Crippen molar-refractivity contribution >= 4 is 28.5 Å². The maximum atomic E-state index is 11.3. The van der Waals surface area contributed by atoms with Crippen LogP contribution in [0.4, 0.5) is 0 Å². The third-order valence-electron chi connectivity index (χ3n) is 2.67. The molecule has 0 aliphatic rings. The van der Waals surface area contributed by atoms with Gasteiger partial charge in [-0.15, -0.1) is 0 Å². The summed E-state index contributed by atoms with van der Waals surface area (Å²) in [4.78, 5) is 15.7. The predicted molar refractivity (Wildman–Crippen MR) is 73.1 cm³/mol. The molecule has 0 radical (unpaired) electrons. The van der Waals surface area contributed by atoms with Crippen molar-refractivity contribution in [2.45, 2.75) is 19.4 Å². The summed E-state index contributed by atoms with van der Waals surface area (Å²) in [5, 5.41) is 11.2. The van der Waals surface area contributed by atoms with E-state index in [-0.39, 0.29) is 13.0 Å². The minimum atomic E-state index is -1.19. The number of benzene rings is 1. The predicted octanol–water partition coefficient (Wildman–Crippen LogP) is 2.35. The van der Waals surface area contributed by atoms with E-state index in [2.05, 4.69) is 4.98 Å². The summed E-state index contributed by atoms with van der Waals surface area (Å²) in [6.45, 7) is 1.94. The van der Waals surface area contributed by atoms with Gasteiger partial charge >= 0.3 is 5.97 Å². The van der Waals surface area contributed by atoms with Gasteiger partial charge in [0.2, 0.25) is 0 Å². The first-order chi connectivity index (χ1) is 9.10. The molecule has 2 rings (SSSR count). The zero-order chi connectivity index (χ0) is 13.8. The van der Waals surface area contributed by atoms with Crippen LogP contribution in [0, 0.1) is 0 Å². The molecule has 1 atom stereocenters. The van der Waals surface area contributed by atoms with Gasteiger partial charge in [-0.2, -0.15) is 0 Å². The van der Waals surface area contributed by atoms with Gasteiger partial charge in [0.15, 0.2) is 6.10 Å². The molecule has 2 aromatic rings. The standard InChI is InChI=1S/C14H14ClNO3/c1-2-19-14(18)13(17)8-11-6-4-9-3-5-10(15)7-12(9)16-11/h3-7,13,17H,2,8H2,1H3. The molecule has 100 valence electrons. The van der Waals surface area contributed by atoms with Gasteiger partial charge in [0.1, 0.15) is 0 Å². The Morgan fingerprint density at radius 3 is 2.89 bits per heavy atom. The van der Waals surface area contributed by atoms with Crippen molar-refractivity contribution in [2.24, 2.45) is 0 Å². The van der Waals surface area contributed by atoms with Crippen LogP contribution in [0.15, 0.2) is 30.3 Å². The first-order valence-corrected chi connectivity index (χ1v) is 6.38. The maximum Gasteiger partial charge on any atom is 0.335 e. The number of hydrogen-bond acceptors (Lipinski definition) is 4. The number of halogens is 1. The van der Waals surface area contributed by atoms with E-state index in [0.717, 1.165) is 10.9 Å². The number of carbonyl (C=O) groups excluding carboxylic acids is 1. The SMILES string of the molecule is CCOC(=O)C(O)Cc1ccc2ccc(Cl)cc2n1. The fourth-order valence-corrected chi connectivity index (χ4v) is 1.93. The van der Waals surface area contributed by atoms with Crippen LogP contribution in [0.1, 0.15) is 12.6 Å². The maximum absolute atomic E-state index is 11.3. The number of carbonyl (C=O) groups is 1. The number of aliphatic hydroxyl groups is 1. The van der Waals surface area contributed by atoms with Crippen LogP contribution in [0.25, 0.3) is 10.9 Å². The molecule has 1 unspecified atom stereocenters. The van der Waals surface area contributed by atoms with Crippen molar-refractivity contribution in [3.63, 3.8) is 0 Å². The van der Waals surface area contributed by atoms with Crippen molar-refractivity contribution < 1.29 is 14.6 Å². The summed E-state index contributed by atoms with van der Waals surface area (Å²) in [6, 6.07) is 9.07. The van der Waals surface area contributed by atoms with Crippen molar-refractivity contribution in [3.8, 4) is 0 Å². The third kappa shape index (κ3) is 3.43. The van der Waals surface area contributed by atoms with E-state index in [0.29, 0.717) is 10.7 Å². The molecule has 0 saturated heterocycles. The molecular weight excluding hydrogens is 266 g/mol. The molecule has 19 heavy (non-hydrogen) atoms. The lowest BCUT2D eigenvalue weighted by Gasteiger charge is -2.09. The van der Waals surface area contributed by atoms with Gasteiger partial charge in [0.05, 0.1) is 12.1 Å². The summed E-state index contributed by atoms with van der Waals surface area (Å²) in [5.74, 6) is -0.629. The first kappa shape index (κ1) is 13.8. The number of rotatable bonds is 4. The van der Waals surface area contributed by atoms with E-state index in [1.54, 1.807) is 25.1 Å². The summed E-state index contributed by atoms with van der Waals surface area (Å²) >= 11 is 5.90. The summed E-state index contributed by atoms with van der Waals surface area (Å²) in [5.41, 5.74) is 1.36. The number of fused-ring (bicyclic) bond motifs is 1. The van der Waals surface area contributed by atoms with Crippen molar-refractivity contribution in [1.29, 1.82) is 0 Å². The smallest absolute Gasteiger partial charge is 0.335 e. The highest BCUT2D eigenvalue weighted by Crippen LogP contribution is 2.18. The zero-order valence-corrected chi connectivity index (χ0v) is 11.2. The molecule has 0 amide bonds. The fraction of sp³-hybridized carbons (Fsp3) is 0.286. The second-order valence-corrected chi connectivity index (χ2v) is 4.55. The van der Waals surface area contributed by atoms with Crippen molar-refractivity contribution in [2.75, 3.05) is 6.61 Å². The number of ether oxygens (including phenoxy) is 1. The Kier molecular flexibility index (Phi) is 4.35. The van der Waals surface area contributed by atoms with Crippen molar-refractivity contribution in [1.82, 2.24) is 4.98 Å². The van der Waals surface area contributed by atoms with Gasteiger partial charge in [-0.05, 0) is 25.1 Å². The van der Waals surface area contributed by atoms with Crippen LogP contribution in [0.3, 0.4) is 0 Å². The highest BCUT2D eigenvalue weighted by molar-refractivity contribution is 6.31. The largest absolute Gasteiger partial charge is 0.464 e. The average Bonchev–Trinajstić information content (AvgIpc) is 2.38. The quantitative estimate of drug-likeness (QED) is 0.873. The molecular formula is C14H14ClNO3. The highest BCUT2D eigenvalue weighted by atomic mass is 35.5. The van der Waals surface area contributed by atoms with Crippen LogP contribution in [-0.4, -0.2) is 28.8 Å². The van der Waals surface area contributed by atoms with Gasteiger partial charge < -0.3 is 9.84 Å². The summed E-state index contributed by atoms with van der Waals surface area (Å²) in [6.07, 6.45) is -1.06. The molecule has 5 heteroatoms. The topological polar surface area (TPSA) is 59.4 Å². The normalized spacial score (nSPS) is 12.4. The molecule has 0 aliphatic heterocycles. The van der Waals surface area contributed by atoms with Crippen LogP contribution < -0.4 is 0 Å². The molecule has 0 aliphatic carbocycles. The zero-order valence-electron chi connectivity index (χ0n) is 10.5. The molecule has 1 aromatic carbocycles. The van der Waals surface area contributed by atoms with Crippen LogP contribution in [-0.2, 0) is 16.0 Å². The fourth-order valence-electron chi connectivity index (χ4n) is 1.77. The van der Waals surface area contributed by atoms with Gasteiger partial charge in [0.25, 0.3) is 0 Å². The van der Waals surface area contributed by atoms with E-state index in [9.17, 15) is 9.90 Å². The molecule has 4 nitrogen and oxygen atoms in total. The number of aromatic nitrogens is 1. The lowest BCUT2D eigenvalue weighted by atomic mass is 10.1. The molecule has 0 spiro atoms. The lowest BCUT2D eigenvalue weighted by Crippen LogP contribution is -2.25. The number of nitrogens with zero attached hydrogens (tertiary/aromatic N) is 1. The highest BCUT2D eigenvalue weighted by Gasteiger charge is 2.17. The second kappa shape index (κ2) is 5.99. The minimum absolute atomic E-state index is 0.126. The molecule has 1 N–H and O–H groups in total. The Balaban J connectivity index is 2.19. The van der Waals surface area contributed by atoms with E-state index < -0.39 is 12.1 Å². The van der Waals surface area contributed by atoms with Gasteiger partial charge in [-0.25, -0.2) is 4.79 Å². The number of pyridine rings is 1. The lowest BCUT2D eigenvalue weighted by molar-refractivity contribution is -0.152. The van der Waals surface area contributed by atoms with E-state index in [1.807, 2.05) is 12.1 Å². The van der Waals surface area contributed by atoms with Gasteiger partial charge in [-0.1, -0.05) is 23.7 Å². The van der Waals surface area contributed by atoms with Gasteiger partial charge in [0, 0.05) is 22.5 Å². The molecule has 0 bridgehead atoms. The Morgan fingerprint density at radius 1 is 1.42 bits per heavy atom. The number of hydrogen-bond donors (Lipinski definition) is 1. The van der Waals surface area contributed by atoms with E-state index in [4.69, 9.17) is 16.3 Å². The second-order valence-electron chi connectivity index (χ2n) is 4.11. The van der Waals surface area contributed by atoms with E-state index >= 15 is 0 Å². The number of aliphatic hydroxyl groups excluding tert-OH is 1. The Bertz CT molecular complexity index is 600. The van der Waals surface area contributed by atoms with Crippen LogP contribution in [0.5, 0.6) is 0 Å². The Labute approximate surface area is 116 Å². The molecule has 1 aromatic heterocycles. The van der Waals surface area contributed by atoms with Crippen LogP contribution >= 0.6 is 11.6 Å². The first-order valence-electron chi connectivity index (χ1n) is 6.00. The summed E-state index contributed by atoms with van der Waals surface area (Å²) < 4.78 is 4.74. The van der Waals surface area contributed by atoms with Crippen LogP contribution in [0.2, 0.25) is 5.02 Å². The third-order valence-corrected chi connectivity index (χ3v) is 2.91. The summed E-state index contributed by atoms with van der Waals surface area (Å²) in [7, 11) is 0. The molecule has 0 fully saturated rings. The molecule has 0 saturated carbocycles. The molecule has 1 heterocycles.